The van der Waals surface area contributed by atoms with E-state index in [-0.39, 0.29) is 0 Å². The summed E-state index contributed by atoms with van der Waals surface area (Å²) >= 11 is 0. The van der Waals surface area contributed by atoms with Gasteiger partial charge in [0.2, 0.25) is 0 Å². The van der Waals surface area contributed by atoms with Crippen LogP contribution in [0.25, 0.3) is 0 Å². The van der Waals surface area contributed by atoms with Gasteiger partial charge in [-0.15, -0.1) is 0 Å². The van der Waals surface area contributed by atoms with Crippen molar-refractivity contribution < 1.29 is 15.0 Å². The summed E-state index contributed by atoms with van der Waals surface area (Å²) in [5.74, 6) is -1.11. The van der Waals surface area contributed by atoms with Crippen LogP contribution in [0.5, 0.6) is 0 Å². The first-order valence-corrected chi connectivity index (χ1v) is 8.04. The highest BCUT2D eigenvalue weighted by Gasteiger charge is 2.11. The lowest BCUT2D eigenvalue weighted by atomic mass is 10.1. The minimum absolute atomic E-state index is 0.364. The summed E-state index contributed by atoms with van der Waals surface area (Å²) in [6.07, 6.45) is 20.5. The zero-order valence-corrected chi connectivity index (χ0v) is 13.2. The van der Waals surface area contributed by atoms with E-state index in [0.717, 1.165) is 51.4 Å². The Morgan fingerprint density at radius 1 is 0.905 bits per heavy atom. The van der Waals surface area contributed by atoms with Crippen LogP contribution in [0.2, 0.25) is 0 Å². The number of unbranched alkanes of at least 4 members (excludes halogenated alkanes) is 4. The van der Waals surface area contributed by atoms with Crippen LogP contribution in [0.3, 0.4) is 0 Å². The van der Waals surface area contributed by atoms with E-state index in [2.05, 4.69) is 43.4 Å². The van der Waals surface area contributed by atoms with Gasteiger partial charge in [-0.3, -0.25) is 0 Å². The molecule has 0 unspecified atom stereocenters. The van der Waals surface area contributed by atoms with Gasteiger partial charge in [-0.25, -0.2) is 4.79 Å². The minimum atomic E-state index is -1.19. The van der Waals surface area contributed by atoms with Gasteiger partial charge in [-0.2, -0.15) is 0 Å². The Balaban J connectivity index is 3.33. The number of aliphatic carboxylic acids is 1. The standard InChI is InChI=1S/C18H30O3/c1-2-3-4-5-6-7-8-9-10-11-12-13-14-15-16-17(19)18(20)21/h3-4,6-7,9-10,17,19H,2,5,8,11-16H2,1H3,(H,20,21)/b4-3-,7-6-,10-9-/t17-/m0/s1. The number of carboxylic acids is 1. The predicted octanol–water partition coefficient (Wildman–Crippen LogP) is 4.63. The second-order valence-corrected chi connectivity index (χ2v) is 5.14. The zero-order chi connectivity index (χ0) is 15.8. The second-order valence-electron chi connectivity index (χ2n) is 5.14. The Kier molecular flexibility index (Phi) is 14.1. The summed E-state index contributed by atoms with van der Waals surface area (Å²) in [7, 11) is 0. The molecule has 0 saturated carbocycles. The monoisotopic (exact) mass is 294 g/mol. The summed E-state index contributed by atoms with van der Waals surface area (Å²) in [5, 5.41) is 17.6. The Morgan fingerprint density at radius 3 is 2.10 bits per heavy atom. The maximum Gasteiger partial charge on any atom is 0.332 e. The van der Waals surface area contributed by atoms with Crippen LogP contribution in [-0.2, 0) is 4.79 Å². The molecule has 0 aliphatic heterocycles. The van der Waals surface area contributed by atoms with Crippen molar-refractivity contribution in [1.82, 2.24) is 0 Å². The van der Waals surface area contributed by atoms with E-state index < -0.39 is 12.1 Å². The maximum atomic E-state index is 10.4. The number of hydrogen-bond acceptors (Lipinski definition) is 2. The van der Waals surface area contributed by atoms with Crippen LogP contribution in [0.1, 0.15) is 64.7 Å². The SMILES string of the molecule is CC/C=C\C/C=C\C/C=C\CCCCCC[C@H](O)C(=O)O. The van der Waals surface area contributed by atoms with Crippen molar-refractivity contribution in [2.24, 2.45) is 0 Å². The van der Waals surface area contributed by atoms with Crippen LogP contribution in [0, 0.1) is 0 Å². The smallest absolute Gasteiger partial charge is 0.332 e. The largest absolute Gasteiger partial charge is 0.479 e. The Labute approximate surface area is 129 Å². The van der Waals surface area contributed by atoms with Gasteiger partial charge in [0.15, 0.2) is 6.10 Å². The van der Waals surface area contributed by atoms with Crippen molar-refractivity contribution in [3.05, 3.63) is 36.5 Å². The summed E-state index contributed by atoms with van der Waals surface area (Å²) in [6.45, 7) is 2.14. The number of carbonyl (C=O) groups is 1. The minimum Gasteiger partial charge on any atom is -0.479 e. The van der Waals surface area contributed by atoms with Gasteiger partial charge in [-0.05, 0) is 38.5 Å². The molecular weight excluding hydrogens is 264 g/mol. The van der Waals surface area contributed by atoms with Crippen molar-refractivity contribution in [1.29, 1.82) is 0 Å². The number of hydrogen-bond donors (Lipinski definition) is 2. The lowest BCUT2D eigenvalue weighted by Gasteiger charge is -2.04. The summed E-state index contributed by atoms with van der Waals surface area (Å²) in [4.78, 5) is 10.4. The third-order valence-corrected chi connectivity index (χ3v) is 3.16. The summed E-state index contributed by atoms with van der Waals surface area (Å²) in [6, 6.07) is 0. The quantitative estimate of drug-likeness (QED) is 0.384. The summed E-state index contributed by atoms with van der Waals surface area (Å²) in [5.41, 5.74) is 0. The van der Waals surface area contributed by atoms with Crippen molar-refractivity contribution in [3.8, 4) is 0 Å². The fraction of sp³-hybridized carbons (Fsp3) is 0.611. The molecule has 0 aromatic carbocycles. The van der Waals surface area contributed by atoms with E-state index in [9.17, 15) is 4.79 Å². The molecule has 0 rings (SSSR count). The molecule has 1 atom stereocenters. The molecule has 0 aromatic rings. The van der Waals surface area contributed by atoms with Crippen LogP contribution >= 0.6 is 0 Å². The van der Waals surface area contributed by atoms with E-state index in [1.54, 1.807) is 0 Å². The van der Waals surface area contributed by atoms with Crippen LogP contribution in [0.4, 0.5) is 0 Å². The molecule has 0 fully saturated rings. The highest BCUT2D eigenvalue weighted by Crippen LogP contribution is 2.08. The number of rotatable bonds is 13. The molecule has 0 amide bonds. The number of carboxylic acid groups (broad SMARTS) is 1. The van der Waals surface area contributed by atoms with Crippen molar-refractivity contribution in [2.75, 3.05) is 0 Å². The van der Waals surface area contributed by atoms with Gasteiger partial charge >= 0.3 is 5.97 Å². The molecule has 0 spiro atoms. The van der Waals surface area contributed by atoms with Crippen molar-refractivity contribution in [2.45, 2.75) is 70.8 Å². The molecule has 21 heavy (non-hydrogen) atoms. The van der Waals surface area contributed by atoms with E-state index in [4.69, 9.17) is 10.2 Å². The first-order chi connectivity index (χ1) is 10.2. The van der Waals surface area contributed by atoms with Crippen LogP contribution in [-0.4, -0.2) is 22.3 Å². The third-order valence-electron chi connectivity index (χ3n) is 3.16. The maximum absolute atomic E-state index is 10.4. The first-order valence-electron chi connectivity index (χ1n) is 8.04. The van der Waals surface area contributed by atoms with Gasteiger partial charge in [0, 0.05) is 0 Å². The molecule has 2 N–H and O–H groups in total. The number of aliphatic hydroxyl groups is 1. The predicted molar refractivity (Wildman–Crippen MR) is 88.3 cm³/mol. The van der Waals surface area contributed by atoms with E-state index in [1.165, 1.54) is 0 Å². The molecule has 120 valence electrons. The molecule has 0 radical (unpaired) electrons. The van der Waals surface area contributed by atoms with E-state index in [1.807, 2.05) is 0 Å². The molecule has 0 aliphatic rings. The Bertz CT molecular complexity index is 329. The first kappa shape index (κ1) is 19.7. The lowest BCUT2D eigenvalue weighted by Crippen LogP contribution is -2.18. The third kappa shape index (κ3) is 14.9. The highest BCUT2D eigenvalue weighted by molar-refractivity contribution is 5.71. The number of allylic oxidation sites excluding steroid dienone is 6. The fourth-order valence-electron chi connectivity index (χ4n) is 1.90. The van der Waals surface area contributed by atoms with E-state index >= 15 is 0 Å². The normalized spacial score (nSPS) is 13.6. The van der Waals surface area contributed by atoms with Gasteiger partial charge in [0.1, 0.15) is 0 Å². The van der Waals surface area contributed by atoms with Gasteiger partial charge in [0.25, 0.3) is 0 Å². The van der Waals surface area contributed by atoms with E-state index in [0.29, 0.717) is 6.42 Å². The van der Waals surface area contributed by atoms with Crippen molar-refractivity contribution >= 4 is 5.97 Å². The second kappa shape index (κ2) is 15.0. The molecule has 0 heterocycles. The Morgan fingerprint density at radius 2 is 1.48 bits per heavy atom. The van der Waals surface area contributed by atoms with Crippen LogP contribution in [0.15, 0.2) is 36.5 Å². The molecular formula is C18H30O3. The Hall–Kier alpha value is -1.35. The summed E-state index contributed by atoms with van der Waals surface area (Å²) < 4.78 is 0. The number of aliphatic hydroxyl groups excluding tert-OH is 1. The highest BCUT2D eigenvalue weighted by atomic mass is 16.4. The molecule has 0 bridgehead atoms. The van der Waals surface area contributed by atoms with Gasteiger partial charge < -0.3 is 10.2 Å². The van der Waals surface area contributed by atoms with Gasteiger partial charge in [0.05, 0.1) is 0 Å². The molecule has 0 aromatic heterocycles. The topological polar surface area (TPSA) is 57.5 Å². The fourth-order valence-corrected chi connectivity index (χ4v) is 1.90. The molecule has 3 heteroatoms. The zero-order valence-electron chi connectivity index (χ0n) is 13.2. The van der Waals surface area contributed by atoms with Crippen LogP contribution < -0.4 is 0 Å². The average Bonchev–Trinajstić information content (AvgIpc) is 2.47. The lowest BCUT2D eigenvalue weighted by molar-refractivity contribution is -0.146. The molecule has 3 nitrogen and oxygen atoms in total. The van der Waals surface area contributed by atoms with Crippen molar-refractivity contribution in [3.63, 3.8) is 0 Å². The molecule has 0 aliphatic carbocycles. The average molecular weight is 294 g/mol. The van der Waals surface area contributed by atoms with Gasteiger partial charge in [-0.1, -0.05) is 62.6 Å². The molecule has 0 saturated heterocycles.